The number of benzene rings is 2. The predicted molar refractivity (Wildman–Crippen MR) is 103 cm³/mol. The van der Waals surface area contributed by atoms with Gasteiger partial charge in [-0.25, -0.2) is 4.39 Å². The highest BCUT2D eigenvalue weighted by Crippen LogP contribution is 2.37. The van der Waals surface area contributed by atoms with Crippen molar-refractivity contribution >= 4 is 51.7 Å². The fourth-order valence-corrected chi connectivity index (χ4v) is 3.61. The van der Waals surface area contributed by atoms with Crippen molar-refractivity contribution in [1.29, 1.82) is 0 Å². The molecule has 3 nitrogen and oxygen atoms in total. The molecule has 1 saturated heterocycles. The monoisotopic (exact) mass is 358 g/mol. The maximum Gasteiger partial charge on any atom is 0.270 e. The first kappa shape index (κ1) is 16.7. The van der Waals surface area contributed by atoms with Crippen LogP contribution in [-0.4, -0.2) is 24.3 Å². The van der Waals surface area contributed by atoms with Crippen LogP contribution in [0.4, 0.5) is 15.8 Å². The molecule has 1 fully saturated rings. The average Bonchev–Trinajstić information content (AvgIpc) is 2.83. The molecule has 122 valence electrons. The van der Waals surface area contributed by atoms with Crippen LogP contribution in [0.25, 0.3) is 6.08 Å². The average molecular weight is 358 g/mol. The molecule has 0 unspecified atom stereocenters. The number of carbonyl (C=O) groups excluding carboxylic acids is 1. The topological polar surface area (TPSA) is 23.6 Å². The molecule has 0 bridgehead atoms. The lowest BCUT2D eigenvalue weighted by Gasteiger charge is -2.14. The molecule has 3 rings (SSSR count). The molecule has 1 aliphatic rings. The van der Waals surface area contributed by atoms with Gasteiger partial charge in [0.05, 0.1) is 10.6 Å². The first-order chi connectivity index (χ1) is 11.5. The predicted octanol–water partition coefficient (Wildman–Crippen LogP) is 4.30. The highest BCUT2D eigenvalue weighted by molar-refractivity contribution is 8.27. The third-order valence-electron chi connectivity index (χ3n) is 3.59. The summed E-state index contributed by atoms with van der Waals surface area (Å²) >= 11 is 6.44. The van der Waals surface area contributed by atoms with E-state index in [0.717, 1.165) is 11.3 Å². The minimum absolute atomic E-state index is 0.186. The molecule has 0 N–H and O–H groups in total. The largest absolute Gasteiger partial charge is 0.378 e. The van der Waals surface area contributed by atoms with Crippen molar-refractivity contribution < 1.29 is 9.18 Å². The van der Waals surface area contributed by atoms with Gasteiger partial charge in [-0.3, -0.25) is 9.69 Å². The maximum absolute atomic E-state index is 14.0. The molecule has 0 aromatic heterocycles. The number of thiocarbonyl (C=S) groups is 1. The highest BCUT2D eigenvalue weighted by Gasteiger charge is 2.34. The third kappa shape index (κ3) is 3.20. The van der Waals surface area contributed by atoms with E-state index >= 15 is 0 Å². The van der Waals surface area contributed by atoms with Crippen molar-refractivity contribution in [3.05, 3.63) is 64.8 Å². The van der Waals surface area contributed by atoms with Gasteiger partial charge in [0, 0.05) is 19.8 Å². The van der Waals surface area contributed by atoms with E-state index in [4.69, 9.17) is 12.2 Å². The quantitative estimate of drug-likeness (QED) is 0.603. The van der Waals surface area contributed by atoms with E-state index < -0.39 is 5.82 Å². The number of halogens is 1. The summed E-state index contributed by atoms with van der Waals surface area (Å²) in [5.41, 5.74) is 2.16. The molecular formula is C18H15FN2OS2. The Morgan fingerprint density at radius 1 is 1.12 bits per heavy atom. The lowest BCUT2D eigenvalue weighted by Crippen LogP contribution is -2.28. The third-order valence-corrected chi connectivity index (χ3v) is 4.90. The summed E-state index contributed by atoms with van der Waals surface area (Å²) in [7, 11) is 3.93. The molecule has 2 aromatic carbocycles. The Kier molecular flexibility index (Phi) is 4.69. The molecule has 0 saturated carbocycles. The number of hydrogen-bond acceptors (Lipinski definition) is 4. The molecule has 6 heteroatoms. The summed E-state index contributed by atoms with van der Waals surface area (Å²) in [5.74, 6) is -0.767. The number of carbonyl (C=O) groups is 1. The van der Waals surface area contributed by atoms with Crippen LogP contribution in [0, 0.1) is 5.82 Å². The number of anilines is 2. The van der Waals surface area contributed by atoms with Gasteiger partial charge in [0.15, 0.2) is 4.32 Å². The smallest absolute Gasteiger partial charge is 0.270 e. The molecule has 24 heavy (non-hydrogen) atoms. The van der Waals surface area contributed by atoms with Gasteiger partial charge in [-0.15, -0.1) is 0 Å². The normalized spacial score (nSPS) is 16.1. The molecule has 1 aliphatic heterocycles. The zero-order chi connectivity index (χ0) is 17.3. The highest BCUT2D eigenvalue weighted by atomic mass is 32.2. The summed E-state index contributed by atoms with van der Waals surface area (Å²) in [6, 6.07) is 14.0. The van der Waals surface area contributed by atoms with Crippen molar-refractivity contribution in [1.82, 2.24) is 0 Å². The lowest BCUT2D eigenvalue weighted by atomic mass is 10.2. The molecule has 1 amide bonds. The Labute approximate surface area is 149 Å². The van der Waals surface area contributed by atoms with Crippen LogP contribution in [0.5, 0.6) is 0 Å². The van der Waals surface area contributed by atoms with Crippen LogP contribution in [0.2, 0.25) is 0 Å². The van der Waals surface area contributed by atoms with Crippen molar-refractivity contribution in [3.8, 4) is 0 Å². The number of para-hydroxylation sites is 1. The fraction of sp³-hybridized carbons (Fsp3) is 0.111. The maximum atomic E-state index is 14.0. The second-order valence-corrected chi connectivity index (χ2v) is 7.13. The van der Waals surface area contributed by atoms with Gasteiger partial charge in [-0.05, 0) is 35.9 Å². The van der Waals surface area contributed by atoms with Crippen LogP contribution in [0.15, 0.2) is 53.4 Å². The summed E-state index contributed by atoms with van der Waals surface area (Å²) in [5, 5.41) is 0. The second kappa shape index (κ2) is 6.75. The van der Waals surface area contributed by atoms with Crippen LogP contribution in [-0.2, 0) is 4.79 Å². The van der Waals surface area contributed by atoms with Gasteiger partial charge in [-0.1, -0.05) is 48.2 Å². The first-order valence-electron chi connectivity index (χ1n) is 7.27. The van der Waals surface area contributed by atoms with Gasteiger partial charge in [0.25, 0.3) is 5.91 Å². The Bertz CT molecular complexity index is 831. The van der Waals surface area contributed by atoms with Gasteiger partial charge in [-0.2, -0.15) is 0 Å². The number of hydrogen-bond donors (Lipinski definition) is 0. The van der Waals surface area contributed by atoms with Crippen LogP contribution < -0.4 is 9.80 Å². The van der Waals surface area contributed by atoms with Gasteiger partial charge >= 0.3 is 0 Å². The van der Waals surface area contributed by atoms with Gasteiger partial charge in [0.1, 0.15) is 5.82 Å². The molecule has 2 aromatic rings. The number of amides is 1. The summed E-state index contributed by atoms with van der Waals surface area (Å²) in [6.45, 7) is 0. The van der Waals surface area contributed by atoms with Crippen LogP contribution >= 0.6 is 24.0 Å². The number of rotatable bonds is 3. The second-order valence-electron chi connectivity index (χ2n) is 5.45. The Morgan fingerprint density at radius 3 is 2.42 bits per heavy atom. The molecule has 0 aliphatic carbocycles. The Morgan fingerprint density at radius 2 is 1.79 bits per heavy atom. The van der Waals surface area contributed by atoms with E-state index in [-0.39, 0.29) is 11.6 Å². The Hall–Kier alpha value is -2.18. The van der Waals surface area contributed by atoms with Crippen LogP contribution in [0.3, 0.4) is 0 Å². The zero-order valence-corrected chi connectivity index (χ0v) is 14.8. The minimum Gasteiger partial charge on any atom is -0.378 e. The van der Waals surface area contributed by atoms with Crippen molar-refractivity contribution in [2.24, 2.45) is 0 Å². The van der Waals surface area contributed by atoms with E-state index in [1.165, 1.54) is 22.7 Å². The van der Waals surface area contributed by atoms with E-state index in [1.807, 2.05) is 43.3 Å². The summed E-state index contributed by atoms with van der Waals surface area (Å²) in [4.78, 5) is 16.4. The van der Waals surface area contributed by atoms with E-state index in [0.29, 0.717) is 9.23 Å². The lowest BCUT2D eigenvalue weighted by molar-refractivity contribution is -0.113. The number of thioether (sulfide) groups is 1. The number of nitrogens with zero attached hydrogens (tertiary/aromatic N) is 2. The van der Waals surface area contributed by atoms with E-state index in [9.17, 15) is 9.18 Å². The first-order valence-corrected chi connectivity index (χ1v) is 8.50. The van der Waals surface area contributed by atoms with E-state index in [1.54, 1.807) is 24.3 Å². The summed E-state index contributed by atoms with van der Waals surface area (Å²) < 4.78 is 14.3. The van der Waals surface area contributed by atoms with Crippen LogP contribution in [0.1, 0.15) is 5.56 Å². The fourth-order valence-electron chi connectivity index (χ4n) is 2.33. The standard InChI is InChI=1S/C18H15FN2OS2/c1-20(2)13-9-7-12(8-10-13)11-16-17(22)21(18(23)24-16)15-6-4-3-5-14(15)19/h3-11H,1-2H3/b16-11+. The van der Waals surface area contributed by atoms with Gasteiger partial charge < -0.3 is 4.90 Å². The molecule has 1 heterocycles. The van der Waals surface area contributed by atoms with Gasteiger partial charge in [0.2, 0.25) is 0 Å². The molecule has 0 atom stereocenters. The van der Waals surface area contributed by atoms with E-state index in [2.05, 4.69) is 0 Å². The zero-order valence-electron chi connectivity index (χ0n) is 13.2. The molecular weight excluding hydrogens is 343 g/mol. The molecule has 0 radical (unpaired) electrons. The SMILES string of the molecule is CN(C)c1ccc(/C=C2/SC(=S)N(c3ccccc3F)C2=O)cc1. The van der Waals surface area contributed by atoms with Crippen molar-refractivity contribution in [3.63, 3.8) is 0 Å². The van der Waals surface area contributed by atoms with Crippen molar-refractivity contribution in [2.45, 2.75) is 0 Å². The molecule has 0 spiro atoms. The summed E-state index contributed by atoms with van der Waals surface area (Å²) in [6.07, 6.45) is 1.78. The minimum atomic E-state index is -0.467. The van der Waals surface area contributed by atoms with Crippen molar-refractivity contribution in [2.75, 3.05) is 23.9 Å². The Balaban J connectivity index is 1.90.